The first-order chi connectivity index (χ1) is 12.7. The zero-order valence-electron chi connectivity index (χ0n) is 14.0. The van der Waals surface area contributed by atoms with E-state index in [1.807, 2.05) is 30.3 Å². The Morgan fingerprint density at radius 1 is 1.12 bits per heavy atom. The van der Waals surface area contributed by atoms with Crippen molar-refractivity contribution in [3.8, 4) is 17.2 Å². The number of hydrogen-bond acceptors (Lipinski definition) is 7. The van der Waals surface area contributed by atoms with Crippen LogP contribution in [0.1, 0.15) is 29.3 Å². The zero-order chi connectivity index (χ0) is 18.4. The summed E-state index contributed by atoms with van der Waals surface area (Å²) in [4.78, 5) is 22.5. The molecule has 0 aliphatic rings. The van der Waals surface area contributed by atoms with Crippen LogP contribution in [0, 0.1) is 0 Å². The highest BCUT2D eigenvalue weighted by atomic mass is 16.6. The van der Waals surface area contributed by atoms with Gasteiger partial charge in [0.15, 0.2) is 12.7 Å². The van der Waals surface area contributed by atoms with Crippen molar-refractivity contribution in [3.05, 3.63) is 66.1 Å². The Morgan fingerprint density at radius 2 is 1.85 bits per heavy atom. The van der Waals surface area contributed by atoms with E-state index in [2.05, 4.69) is 10.2 Å². The predicted molar refractivity (Wildman–Crippen MR) is 91.6 cm³/mol. The molecule has 0 saturated carbocycles. The number of benzene rings is 2. The van der Waals surface area contributed by atoms with Crippen LogP contribution in [0.15, 0.2) is 59.0 Å². The van der Waals surface area contributed by atoms with Crippen LogP contribution in [0.2, 0.25) is 0 Å². The largest absolute Gasteiger partial charge is 0.482 e. The second-order valence-corrected chi connectivity index (χ2v) is 5.42. The van der Waals surface area contributed by atoms with E-state index >= 15 is 0 Å². The minimum atomic E-state index is -0.700. The number of aromatic nitrogens is 2. The molecule has 0 amide bonds. The van der Waals surface area contributed by atoms with Gasteiger partial charge in [-0.05, 0) is 43.3 Å². The molecule has 1 aromatic heterocycles. The molecule has 132 valence electrons. The van der Waals surface area contributed by atoms with Crippen molar-refractivity contribution in [3.63, 3.8) is 0 Å². The number of carbonyl (C=O) groups excluding carboxylic acids is 2. The molecule has 7 heteroatoms. The summed E-state index contributed by atoms with van der Waals surface area (Å²) in [6.45, 7) is 1.36. The molecule has 0 fully saturated rings. The molecule has 1 heterocycles. The van der Waals surface area contributed by atoms with Crippen LogP contribution < -0.4 is 4.74 Å². The number of aldehydes is 1. The number of rotatable bonds is 7. The molecule has 3 rings (SSSR count). The molecule has 26 heavy (non-hydrogen) atoms. The van der Waals surface area contributed by atoms with Crippen LogP contribution in [0.25, 0.3) is 11.5 Å². The van der Waals surface area contributed by atoms with Gasteiger partial charge in [-0.15, -0.1) is 10.2 Å². The summed E-state index contributed by atoms with van der Waals surface area (Å²) >= 11 is 0. The van der Waals surface area contributed by atoms with Crippen molar-refractivity contribution in [1.29, 1.82) is 0 Å². The Bertz CT molecular complexity index is 874. The lowest BCUT2D eigenvalue weighted by Gasteiger charge is -2.10. The lowest BCUT2D eigenvalue weighted by molar-refractivity contribution is -0.152. The standard InChI is InChI=1S/C19H16N2O5/c1-13(18-20-21-19(26-18)15-5-3-2-4-6-15)25-17(23)12-24-16-9-7-14(11-22)8-10-16/h2-11,13H,12H2,1H3/t13-/m1/s1. The van der Waals surface area contributed by atoms with Crippen molar-refractivity contribution >= 4 is 12.3 Å². The average molecular weight is 352 g/mol. The summed E-state index contributed by atoms with van der Waals surface area (Å²) < 4.78 is 16.1. The van der Waals surface area contributed by atoms with Crippen molar-refractivity contribution in [2.24, 2.45) is 0 Å². The molecular formula is C19H16N2O5. The molecule has 0 N–H and O–H groups in total. The second kappa shape index (κ2) is 8.06. The van der Waals surface area contributed by atoms with Gasteiger partial charge in [-0.25, -0.2) is 4.79 Å². The SMILES string of the molecule is C[C@@H](OC(=O)COc1ccc(C=O)cc1)c1nnc(-c2ccccc2)o1. The molecule has 0 aliphatic carbocycles. The molecule has 0 saturated heterocycles. The van der Waals surface area contributed by atoms with Gasteiger partial charge in [0.2, 0.25) is 5.89 Å². The van der Waals surface area contributed by atoms with Crippen LogP contribution >= 0.6 is 0 Å². The maximum Gasteiger partial charge on any atom is 0.344 e. The fourth-order valence-electron chi connectivity index (χ4n) is 2.16. The maximum atomic E-state index is 11.9. The number of carbonyl (C=O) groups is 2. The third kappa shape index (κ3) is 4.32. The van der Waals surface area contributed by atoms with E-state index < -0.39 is 12.1 Å². The van der Waals surface area contributed by atoms with E-state index in [-0.39, 0.29) is 12.5 Å². The molecule has 2 aromatic carbocycles. The van der Waals surface area contributed by atoms with Gasteiger partial charge in [-0.3, -0.25) is 4.79 Å². The highest BCUT2D eigenvalue weighted by molar-refractivity contribution is 5.75. The Kier molecular flexibility index (Phi) is 5.38. The molecular weight excluding hydrogens is 336 g/mol. The number of ether oxygens (including phenoxy) is 2. The van der Waals surface area contributed by atoms with Gasteiger partial charge < -0.3 is 13.9 Å². The fraction of sp³-hybridized carbons (Fsp3) is 0.158. The van der Waals surface area contributed by atoms with E-state index in [0.717, 1.165) is 11.8 Å². The third-order valence-electron chi connectivity index (χ3n) is 3.49. The van der Waals surface area contributed by atoms with Crippen LogP contribution in [-0.2, 0) is 9.53 Å². The predicted octanol–water partition coefficient (Wildman–Crippen LogP) is 3.23. The summed E-state index contributed by atoms with van der Waals surface area (Å²) in [5.41, 5.74) is 1.31. The summed E-state index contributed by atoms with van der Waals surface area (Å²) in [5, 5.41) is 7.87. The first-order valence-electron chi connectivity index (χ1n) is 7.92. The third-order valence-corrected chi connectivity index (χ3v) is 3.49. The Labute approximate surface area is 149 Å². The summed E-state index contributed by atoms with van der Waals surface area (Å²) in [6.07, 6.45) is 0.0295. The number of esters is 1. The van der Waals surface area contributed by atoms with Crippen LogP contribution in [0.3, 0.4) is 0 Å². The Morgan fingerprint density at radius 3 is 2.54 bits per heavy atom. The topological polar surface area (TPSA) is 91.5 Å². The summed E-state index contributed by atoms with van der Waals surface area (Å²) in [5.74, 6) is 0.448. The minimum absolute atomic E-state index is 0.201. The maximum absolute atomic E-state index is 11.9. The molecule has 0 aliphatic heterocycles. The van der Waals surface area contributed by atoms with Gasteiger partial charge in [0.05, 0.1) is 0 Å². The molecule has 1 atom stereocenters. The van der Waals surface area contributed by atoms with E-state index in [1.165, 1.54) is 0 Å². The van der Waals surface area contributed by atoms with Gasteiger partial charge in [0.25, 0.3) is 5.89 Å². The highest BCUT2D eigenvalue weighted by Gasteiger charge is 2.19. The van der Waals surface area contributed by atoms with Crippen molar-refractivity contribution in [2.75, 3.05) is 6.61 Å². The molecule has 0 unspecified atom stereocenters. The van der Waals surface area contributed by atoms with E-state index in [1.54, 1.807) is 31.2 Å². The lowest BCUT2D eigenvalue weighted by atomic mass is 10.2. The Hall–Kier alpha value is -3.48. The molecule has 3 aromatic rings. The molecule has 7 nitrogen and oxygen atoms in total. The molecule has 0 radical (unpaired) electrons. The smallest absolute Gasteiger partial charge is 0.344 e. The van der Waals surface area contributed by atoms with Crippen molar-refractivity contribution in [2.45, 2.75) is 13.0 Å². The summed E-state index contributed by atoms with van der Waals surface area (Å²) in [6, 6.07) is 15.7. The first kappa shape index (κ1) is 17.3. The number of nitrogens with zero attached hydrogens (tertiary/aromatic N) is 2. The average Bonchev–Trinajstić information content (AvgIpc) is 3.18. The van der Waals surface area contributed by atoms with Gasteiger partial charge >= 0.3 is 5.97 Å². The van der Waals surface area contributed by atoms with E-state index in [0.29, 0.717) is 17.2 Å². The van der Waals surface area contributed by atoms with E-state index in [9.17, 15) is 9.59 Å². The Balaban J connectivity index is 1.54. The van der Waals surface area contributed by atoms with E-state index in [4.69, 9.17) is 13.9 Å². The van der Waals surface area contributed by atoms with Gasteiger partial charge in [0, 0.05) is 11.1 Å². The molecule has 0 bridgehead atoms. The van der Waals surface area contributed by atoms with Crippen molar-refractivity contribution in [1.82, 2.24) is 10.2 Å². The monoisotopic (exact) mass is 352 g/mol. The number of hydrogen-bond donors (Lipinski definition) is 0. The van der Waals surface area contributed by atoms with Crippen LogP contribution in [0.5, 0.6) is 5.75 Å². The van der Waals surface area contributed by atoms with Gasteiger partial charge in [-0.2, -0.15) is 0 Å². The lowest BCUT2D eigenvalue weighted by Crippen LogP contribution is -2.17. The van der Waals surface area contributed by atoms with Gasteiger partial charge in [0.1, 0.15) is 12.0 Å². The molecule has 0 spiro atoms. The van der Waals surface area contributed by atoms with Crippen LogP contribution in [-0.4, -0.2) is 29.1 Å². The first-order valence-corrected chi connectivity index (χ1v) is 7.92. The summed E-state index contributed by atoms with van der Waals surface area (Å²) in [7, 11) is 0. The minimum Gasteiger partial charge on any atom is -0.482 e. The highest BCUT2D eigenvalue weighted by Crippen LogP contribution is 2.22. The van der Waals surface area contributed by atoms with Gasteiger partial charge in [-0.1, -0.05) is 18.2 Å². The second-order valence-electron chi connectivity index (χ2n) is 5.42. The van der Waals surface area contributed by atoms with Crippen molar-refractivity contribution < 1.29 is 23.5 Å². The van der Waals surface area contributed by atoms with Crippen LogP contribution in [0.4, 0.5) is 0 Å². The normalized spacial score (nSPS) is 11.6. The quantitative estimate of drug-likeness (QED) is 0.476. The fourth-order valence-corrected chi connectivity index (χ4v) is 2.16. The zero-order valence-corrected chi connectivity index (χ0v) is 14.0.